The largest absolute Gasteiger partial charge is 0.394 e. The third-order valence-corrected chi connectivity index (χ3v) is 7.70. The van der Waals surface area contributed by atoms with Crippen molar-refractivity contribution < 1.29 is 33.0 Å². The van der Waals surface area contributed by atoms with Crippen molar-refractivity contribution in [3.05, 3.63) is 69.6 Å². The summed E-state index contributed by atoms with van der Waals surface area (Å²) in [6.45, 7) is 7.17. The smallest absolute Gasteiger partial charge is 0.168 e. The number of aryl methyl sites for hydroxylation is 1. The lowest BCUT2D eigenvalue weighted by Crippen LogP contribution is -2.57. The van der Waals surface area contributed by atoms with Crippen LogP contribution in [0.5, 0.6) is 0 Å². The van der Waals surface area contributed by atoms with Crippen molar-refractivity contribution in [2.45, 2.75) is 76.6 Å². The van der Waals surface area contributed by atoms with E-state index in [2.05, 4.69) is 20.5 Å². The molecule has 214 valence electrons. The highest BCUT2D eigenvalue weighted by atomic mass is 32.1. The van der Waals surface area contributed by atoms with Gasteiger partial charge in [-0.25, -0.2) is 18.4 Å². The van der Waals surface area contributed by atoms with Gasteiger partial charge in [0.25, 0.3) is 0 Å². The van der Waals surface area contributed by atoms with Crippen LogP contribution in [-0.4, -0.2) is 66.4 Å². The molecule has 4 heterocycles. The van der Waals surface area contributed by atoms with Gasteiger partial charge in [-0.15, -0.1) is 16.4 Å². The molecule has 1 aliphatic rings. The zero-order valence-electron chi connectivity index (χ0n) is 22.5. The summed E-state index contributed by atoms with van der Waals surface area (Å²) in [6, 6.07) is 3.82. The predicted molar refractivity (Wildman–Crippen MR) is 140 cm³/mol. The van der Waals surface area contributed by atoms with Crippen molar-refractivity contribution >= 4 is 11.3 Å². The molecule has 0 aliphatic carbocycles. The first-order valence-electron chi connectivity index (χ1n) is 12.8. The van der Waals surface area contributed by atoms with Gasteiger partial charge in [-0.2, -0.15) is 0 Å². The molecule has 2 N–H and O–H groups in total. The molecule has 0 bridgehead atoms. The van der Waals surface area contributed by atoms with Crippen LogP contribution >= 0.6 is 11.3 Å². The predicted octanol–water partition coefficient (Wildman–Crippen LogP) is 3.76. The Morgan fingerprint density at radius 2 is 1.98 bits per heavy atom. The summed E-state index contributed by atoms with van der Waals surface area (Å²) in [4.78, 5) is 4.27. The Balaban J connectivity index is 1.50. The summed E-state index contributed by atoms with van der Waals surface area (Å²) in [6.07, 6.45) is -0.466. The molecule has 13 heteroatoms. The number of hydrogen-bond donors (Lipinski definition) is 2. The third-order valence-electron chi connectivity index (χ3n) is 6.94. The number of thiazole rings is 1. The minimum Gasteiger partial charge on any atom is -0.394 e. The summed E-state index contributed by atoms with van der Waals surface area (Å²) in [5, 5.41) is 36.3. The van der Waals surface area contributed by atoms with Gasteiger partial charge in [-0.3, -0.25) is 0 Å². The summed E-state index contributed by atoms with van der Waals surface area (Å²) >= 11 is 1.41. The fourth-order valence-corrected chi connectivity index (χ4v) is 5.22. The van der Waals surface area contributed by atoms with Crippen LogP contribution in [0.2, 0.25) is 0 Å². The molecule has 0 unspecified atom stereocenters. The molecule has 4 aromatic rings. The molecule has 1 aliphatic heterocycles. The first-order chi connectivity index (χ1) is 19.1. The summed E-state index contributed by atoms with van der Waals surface area (Å²) < 4.78 is 48.4. The van der Waals surface area contributed by atoms with Crippen LogP contribution in [0.25, 0.3) is 11.3 Å². The van der Waals surface area contributed by atoms with E-state index in [9.17, 15) is 19.0 Å². The zero-order valence-corrected chi connectivity index (χ0v) is 23.3. The van der Waals surface area contributed by atoms with E-state index in [1.807, 2.05) is 32.2 Å². The molecule has 0 saturated carbocycles. The SMILES string of the molecule is Cc1ccc(-c2cn([C@H]3[C@@H](O)[C@@H](CO)O[C@H](Cc4cc(C(C)(C)C)no4)[C@@H]3OCc3nccs3)nn2)c(F)c1F. The highest BCUT2D eigenvalue weighted by Crippen LogP contribution is 2.36. The maximum Gasteiger partial charge on any atom is 0.168 e. The lowest BCUT2D eigenvalue weighted by molar-refractivity contribution is -0.221. The van der Waals surface area contributed by atoms with Gasteiger partial charge in [0.15, 0.2) is 11.6 Å². The average molecular weight is 576 g/mol. The van der Waals surface area contributed by atoms with E-state index in [-0.39, 0.29) is 35.3 Å². The number of hydrogen-bond acceptors (Lipinski definition) is 10. The Hall–Kier alpha value is -3.10. The van der Waals surface area contributed by atoms with Crippen LogP contribution in [0.1, 0.15) is 48.8 Å². The molecule has 0 amide bonds. The Bertz CT molecular complexity index is 1440. The van der Waals surface area contributed by atoms with E-state index < -0.39 is 48.7 Å². The molecule has 5 rings (SSSR count). The number of aromatic nitrogens is 5. The molecular weight excluding hydrogens is 544 g/mol. The molecule has 40 heavy (non-hydrogen) atoms. The second-order valence-corrected chi connectivity index (χ2v) is 11.8. The maximum atomic E-state index is 14.7. The monoisotopic (exact) mass is 575 g/mol. The van der Waals surface area contributed by atoms with E-state index >= 15 is 0 Å². The number of halogens is 2. The number of aliphatic hydroxyl groups excluding tert-OH is 2. The molecule has 0 spiro atoms. The quantitative estimate of drug-likeness (QED) is 0.323. The fourth-order valence-electron chi connectivity index (χ4n) is 4.69. The van der Waals surface area contributed by atoms with Gasteiger partial charge in [0.2, 0.25) is 0 Å². The van der Waals surface area contributed by atoms with Crippen molar-refractivity contribution in [1.82, 2.24) is 25.1 Å². The second-order valence-electron chi connectivity index (χ2n) is 10.9. The minimum atomic E-state index is -1.27. The number of aliphatic hydroxyl groups is 2. The van der Waals surface area contributed by atoms with Crippen LogP contribution in [-0.2, 0) is 27.9 Å². The first-order valence-corrected chi connectivity index (χ1v) is 13.7. The Kier molecular flexibility index (Phi) is 8.11. The van der Waals surface area contributed by atoms with Crippen molar-refractivity contribution in [3.63, 3.8) is 0 Å². The van der Waals surface area contributed by atoms with Crippen molar-refractivity contribution in [2.24, 2.45) is 0 Å². The zero-order chi connectivity index (χ0) is 28.6. The van der Waals surface area contributed by atoms with Gasteiger partial charge in [0.1, 0.15) is 40.8 Å². The lowest BCUT2D eigenvalue weighted by atomic mass is 9.89. The molecule has 1 aromatic carbocycles. The van der Waals surface area contributed by atoms with Gasteiger partial charge in [0.05, 0.1) is 31.2 Å². The van der Waals surface area contributed by atoms with Crippen molar-refractivity contribution in [2.75, 3.05) is 6.61 Å². The number of ether oxygens (including phenoxy) is 2. The highest BCUT2D eigenvalue weighted by Gasteiger charge is 2.48. The van der Waals surface area contributed by atoms with Crippen LogP contribution in [0, 0.1) is 18.6 Å². The van der Waals surface area contributed by atoms with E-state index in [0.29, 0.717) is 10.8 Å². The molecule has 3 aromatic heterocycles. The van der Waals surface area contributed by atoms with Gasteiger partial charge in [0, 0.05) is 35.0 Å². The standard InChI is InChI=1S/C27H31F2N5O5S/c1-14-5-6-16(23(29)22(14)28)17-11-34(33-31-17)24-25(36)19(12-35)38-18(26(24)37-13-21-30-7-8-40-21)9-15-10-20(32-39-15)27(2,3)4/h5-8,10-11,18-19,24-26,35-36H,9,12-13H2,1-4H3/t18-,19-,24+,25+,26+/m1/s1. The lowest BCUT2D eigenvalue weighted by Gasteiger charge is -2.44. The van der Waals surface area contributed by atoms with Gasteiger partial charge in [-0.1, -0.05) is 37.2 Å². The van der Waals surface area contributed by atoms with Crippen LogP contribution in [0.3, 0.4) is 0 Å². The molecule has 10 nitrogen and oxygen atoms in total. The third kappa shape index (κ3) is 5.70. The Morgan fingerprint density at radius 1 is 1.18 bits per heavy atom. The van der Waals surface area contributed by atoms with E-state index in [4.69, 9.17) is 14.0 Å². The van der Waals surface area contributed by atoms with Gasteiger partial charge < -0.3 is 24.2 Å². The fraction of sp³-hybridized carbons (Fsp3) is 0.481. The Labute approximate surface area is 233 Å². The normalized spacial score (nSPS) is 23.6. The van der Waals surface area contributed by atoms with Gasteiger partial charge >= 0.3 is 0 Å². The molecule has 1 saturated heterocycles. The van der Waals surface area contributed by atoms with Gasteiger partial charge in [-0.05, 0) is 18.6 Å². The van der Waals surface area contributed by atoms with E-state index in [1.165, 1.54) is 41.3 Å². The second kappa shape index (κ2) is 11.4. The molecule has 1 fully saturated rings. The maximum absolute atomic E-state index is 14.7. The topological polar surface area (TPSA) is 129 Å². The summed E-state index contributed by atoms with van der Waals surface area (Å²) in [5.41, 5.74) is 0.713. The molecule has 0 radical (unpaired) electrons. The van der Waals surface area contributed by atoms with Crippen LogP contribution in [0.15, 0.2) is 40.5 Å². The van der Waals surface area contributed by atoms with E-state index in [1.54, 1.807) is 6.20 Å². The average Bonchev–Trinajstić information content (AvgIpc) is 3.69. The Morgan fingerprint density at radius 3 is 2.65 bits per heavy atom. The summed E-state index contributed by atoms with van der Waals surface area (Å²) in [5.74, 6) is -1.46. The van der Waals surface area contributed by atoms with Crippen LogP contribution in [0.4, 0.5) is 8.78 Å². The number of benzene rings is 1. The van der Waals surface area contributed by atoms with Crippen molar-refractivity contribution in [1.29, 1.82) is 0 Å². The van der Waals surface area contributed by atoms with Crippen molar-refractivity contribution in [3.8, 4) is 11.3 Å². The highest BCUT2D eigenvalue weighted by molar-refractivity contribution is 7.09. The minimum absolute atomic E-state index is 0.0669. The number of nitrogens with zero attached hydrogens (tertiary/aromatic N) is 5. The molecule has 5 atom stereocenters. The first kappa shape index (κ1) is 28.4. The molecular formula is C27H31F2N5O5S. The van der Waals surface area contributed by atoms with Crippen LogP contribution < -0.4 is 0 Å². The number of rotatable bonds is 8. The summed E-state index contributed by atoms with van der Waals surface area (Å²) in [7, 11) is 0. The van der Waals surface area contributed by atoms with E-state index in [0.717, 1.165) is 5.69 Å².